The van der Waals surface area contributed by atoms with Crippen molar-refractivity contribution in [2.24, 2.45) is 0 Å². The lowest BCUT2D eigenvalue weighted by Crippen LogP contribution is -2.13. The molecule has 0 saturated heterocycles. The Morgan fingerprint density at radius 2 is 1.81 bits per heavy atom. The van der Waals surface area contributed by atoms with E-state index in [0.717, 1.165) is 33.2 Å². The number of hydrogen-bond donors (Lipinski definition) is 1. The van der Waals surface area contributed by atoms with Gasteiger partial charge in [-0.05, 0) is 55.7 Å². The van der Waals surface area contributed by atoms with E-state index in [1.165, 1.54) is 5.56 Å². The quantitative estimate of drug-likeness (QED) is 0.392. The summed E-state index contributed by atoms with van der Waals surface area (Å²) < 4.78 is 7.95. The van der Waals surface area contributed by atoms with Crippen LogP contribution in [0.25, 0.3) is 22.2 Å². The number of halogens is 1. The number of ether oxygens (including phenoxy) is 1. The van der Waals surface area contributed by atoms with E-state index in [-0.39, 0.29) is 12.4 Å². The molecule has 1 heterocycles. The van der Waals surface area contributed by atoms with Crippen molar-refractivity contribution in [1.29, 1.82) is 0 Å². The Kier molecular flexibility index (Phi) is 5.03. The van der Waals surface area contributed by atoms with Gasteiger partial charge in [0.1, 0.15) is 18.1 Å². The van der Waals surface area contributed by atoms with Crippen LogP contribution in [-0.2, 0) is 13.2 Å². The number of ketones is 1. The van der Waals surface area contributed by atoms with E-state index in [4.69, 9.17) is 21.4 Å². The largest absolute Gasteiger partial charge is 0.488 e. The monoisotopic (exact) mass is 446 g/mol. The standard InChI is InChI=1S/C26H23ClN2O3/c1-14-11-15(2)18(16(3)12-14)13-32-21-6-4-5-17-22(21)26(31)23-19(27)7-8-20-24(23)25(17)28-29(20)9-10-30/h4-8,11-12,30H,9-10,13H2,1-3H3. The molecule has 0 radical (unpaired) electrons. The lowest BCUT2D eigenvalue weighted by molar-refractivity contribution is 0.103. The second-order valence-electron chi connectivity index (χ2n) is 8.29. The van der Waals surface area contributed by atoms with E-state index in [2.05, 4.69) is 32.9 Å². The fourth-order valence-electron chi connectivity index (χ4n) is 4.72. The maximum absolute atomic E-state index is 13.6. The normalized spacial score (nSPS) is 12.3. The predicted octanol–water partition coefficient (Wildman–Crippen LogP) is 5.40. The molecule has 3 aromatic carbocycles. The number of hydrogen-bond acceptors (Lipinski definition) is 4. The molecule has 162 valence electrons. The van der Waals surface area contributed by atoms with Gasteiger partial charge in [-0.2, -0.15) is 5.10 Å². The summed E-state index contributed by atoms with van der Waals surface area (Å²) in [6.45, 7) is 6.88. The molecule has 1 aliphatic carbocycles. The van der Waals surface area contributed by atoms with Gasteiger partial charge >= 0.3 is 0 Å². The number of rotatable bonds is 5. The van der Waals surface area contributed by atoms with Crippen molar-refractivity contribution in [2.45, 2.75) is 33.9 Å². The second-order valence-corrected chi connectivity index (χ2v) is 8.69. The van der Waals surface area contributed by atoms with E-state index >= 15 is 0 Å². The third kappa shape index (κ3) is 3.12. The molecule has 0 spiro atoms. The summed E-state index contributed by atoms with van der Waals surface area (Å²) in [6, 6.07) is 13.4. The Morgan fingerprint density at radius 3 is 2.53 bits per heavy atom. The number of aryl methyl sites for hydroxylation is 3. The minimum absolute atomic E-state index is 0.0482. The fourth-order valence-corrected chi connectivity index (χ4v) is 4.96. The van der Waals surface area contributed by atoms with E-state index in [1.54, 1.807) is 10.7 Å². The number of nitrogens with zero attached hydrogens (tertiary/aromatic N) is 2. The highest BCUT2D eigenvalue weighted by Gasteiger charge is 2.33. The predicted molar refractivity (Wildman–Crippen MR) is 126 cm³/mol. The highest BCUT2D eigenvalue weighted by molar-refractivity contribution is 6.39. The average Bonchev–Trinajstić information content (AvgIpc) is 3.11. The molecule has 32 heavy (non-hydrogen) atoms. The third-order valence-corrected chi connectivity index (χ3v) is 6.44. The number of aliphatic hydroxyl groups excluding tert-OH is 1. The van der Waals surface area contributed by atoms with Gasteiger partial charge in [-0.15, -0.1) is 0 Å². The molecule has 0 saturated carbocycles. The van der Waals surface area contributed by atoms with Crippen molar-refractivity contribution < 1.29 is 14.6 Å². The van der Waals surface area contributed by atoms with Crippen LogP contribution >= 0.6 is 11.6 Å². The summed E-state index contributed by atoms with van der Waals surface area (Å²) in [5.41, 5.74) is 7.77. The van der Waals surface area contributed by atoms with E-state index < -0.39 is 0 Å². The average molecular weight is 447 g/mol. The lowest BCUT2D eigenvalue weighted by atomic mass is 9.86. The highest BCUT2D eigenvalue weighted by atomic mass is 35.5. The van der Waals surface area contributed by atoms with Crippen LogP contribution in [0.15, 0.2) is 42.5 Å². The Labute approximate surface area is 191 Å². The SMILES string of the molecule is Cc1cc(C)c(COc2cccc3c2C(=O)c2c(Cl)ccc4c2c-3nn4CCO)c(C)c1. The van der Waals surface area contributed by atoms with Crippen LogP contribution in [0.4, 0.5) is 0 Å². The van der Waals surface area contributed by atoms with E-state index in [9.17, 15) is 9.90 Å². The molecule has 1 aliphatic rings. The first kappa shape index (κ1) is 20.7. The number of fused-ring (bicyclic) bond motifs is 2. The van der Waals surface area contributed by atoms with Crippen LogP contribution in [0.2, 0.25) is 5.02 Å². The van der Waals surface area contributed by atoms with Crippen LogP contribution in [0.3, 0.4) is 0 Å². The minimum Gasteiger partial charge on any atom is -0.488 e. The number of carbonyl (C=O) groups excluding carboxylic acids is 1. The van der Waals surface area contributed by atoms with Crippen molar-refractivity contribution in [3.05, 3.63) is 80.9 Å². The van der Waals surface area contributed by atoms with Crippen LogP contribution in [-0.4, -0.2) is 27.3 Å². The second kappa shape index (κ2) is 7.76. The van der Waals surface area contributed by atoms with Crippen molar-refractivity contribution in [2.75, 3.05) is 6.61 Å². The Balaban J connectivity index is 1.64. The van der Waals surface area contributed by atoms with Gasteiger partial charge in [-0.3, -0.25) is 9.48 Å². The number of aliphatic hydroxyl groups is 1. The van der Waals surface area contributed by atoms with Crippen LogP contribution in [0, 0.1) is 20.8 Å². The van der Waals surface area contributed by atoms with Crippen molar-refractivity contribution in [3.63, 3.8) is 0 Å². The minimum atomic E-state index is -0.167. The number of benzene rings is 3. The Bertz CT molecular complexity index is 1380. The molecule has 0 amide bonds. The van der Waals surface area contributed by atoms with Crippen LogP contribution in [0.5, 0.6) is 5.75 Å². The first-order valence-corrected chi connectivity index (χ1v) is 11.0. The fraction of sp³-hybridized carbons (Fsp3) is 0.231. The molecule has 1 N–H and O–H groups in total. The molecule has 0 atom stereocenters. The molecule has 4 aromatic rings. The highest BCUT2D eigenvalue weighted by Crippen LogP contribution is 2.44. The zero-order valence-corrected chi connectivity index (χ0v) is 19.0. The topological polar surface area (TPSA) is 64.3 Å². The van der Waals surface area contributed by atoms with Crippen molar-refractivity contribution in [1.82, 2.24) is 9.78 Å². The summed E-state index contributed by atoms with van der Waals surface area (Å²) in [5.74, 6) is 0.349. The lowest BCUT2D eigenvalue weighted by Gasteiger charge is -2.20. The molecular formula is C26H23ClN2O3. The van der Waals surface area contributed by atoms with Gasteiger partial charge in [-0.25, -0.2) is 0 Å². The third-order valence-electron chi connectivity index (χ3n) is 6.13. The van der Waals surface area contributed by atoms with Gasteiger partial charge in [0, 0.05) is 10.9 Å². The maximum atomic E-state index is 13.6. The maximum Gasteiger partial charge on any atom is 0.199 e. The van der Waals surface area contributed by atoms with Gasteiger partial charge < -0.3 is 9.84 Å². The van der Waals surface area contributed by atoms with Crippen LogP contribution in [0.1, 0.15) is 38.2 Å². The Morgan fingerprint density at radius 1 is 1.06 bits per heavy atom. The van der Waals surface area contributed by atoms with Gasteiger partial charge in [0.25, 0.3) is 0 Å². The van der Waals surface area contributed by atoms with Gasteiger partial charge in [0.05, 0.1) is 34.8 Å². The molecule has 1 aromatic heterocycles. The summed E-state index contributed by atoms with van der Waals surface area (Å²) in [7, 11) is 0. The zero-order valence-electron chi connectivity index (χ0n) is 18.2. The molecule has 5 nitrogen and oxygen atoms in total. The van der Waals surface area contributed by atoms with Gasteiger partial charge in [0.15, 0.2) is 5.78 Å². The molecule has 0 unspecified atom stereocenters. The first-order chi connectivity index (χ1) is 15.4. The Hall–Kier alpha value is -3.15. The molecule has 6 heteroatoms. The van der Waals surface area contributed by atoms with Crippen LogP contribution < -0.4 is 4.74 Å². The summed E-state index contributed by atoms with van der Waals surface area (Å²) >= 11 is 6.49. The molecule has 5 rings (SSSR count). The summed E-state index contributed by atoms with van der Waals surface area (Å²) in [4.78, 5) is 13.6. The molecule has 0 fully saturated rings. The van der Waals surface area contributed by atoms with Crippen molar-refractivity contribution >= 4 is 28.3 Å². The summed E-state index contributed by atoms with van der Waals surface area (Å²) in [6.07, 6.45) is 0. The van der Waals surface area contributed by atoms with Gasteiger partial charge in [0.2, 0.25) is 0 Å². The summed E-state index contributed by atoms with van der Waals surface area (Å²) in [5, 5.41) is 15.3. The molecular weight excluding hydrogens is 424 g/mol. The van der Waals surface area contributed by atoms with Gasteiger partial charge in [-0.1, -0.05) is 41.4 Å². The number of carbonyl (C=O) groups is 1. The smallest absolute Gasteiger partial charge is 0.199 e. The van der Waals surface area contributed by atoms with E-state index in [0.29, 0.717) is 40.7 Å². The number of aromatic nitrogens is 2. The zero-order chi connectivity index (χ0) is 22.6. The molecule has 0 aliphatic heterocycles. The van der Waals surface area contributed by atoms with E-state index in [1.807, 2.05) is 24.3 Å². The first-order valence-electron chi connectivity index (χ1n) is 10.6. The molecule has 0 bridgehead atoms. The van der Waals surface area contributed by atoms with Crippen molar-refractivity contribution in [3.8, 4) is 17.0 Å².